The minimum absolute atomic E-state index is 0.0428. The molecule has 1 fully saturated rings. The molecule has 66 heavy (non-hydrogen) atoms. The Bertz CT molecular complexity index is 3410. The molecule has 4 aliphatic carbocycles. The lowest BCUT2D eigenvalue weighted by molar-refractivity contribution is 0.550. The first kappa shape index (κ1) is 39.2. The van der Waals surface area contributed by atoms with E-state index in [4.69, 9.17) is 0 Å². The summed E-state index contributed by atoms with van der Waals surface area (Å²) in [5.74, 6) is 0. The van der Waals surface area contributed by atoms with Crippen LogP contribution in [0.3, 0.4) is 0 Å². The predicted molar refractivity (Wildman–Crippen MR) is 277 cm³/mol. The fourth-order valence-electron chi connectivity index (χ4n) is 13.1. The summed E-state index contributed by atoms with van der Waals surface area (Å²) >= 11 is 0. The van der Waals surface area contributed by atoms with Crippen molar-refractivity contribution in [1.82, 2.24) is 0 Å². The maximum atomic E-state index is 2.54. The van der Waals surface area contributed by atoms with Crippen LogP contribution in [-0.4, -0.2) is 0 Å². The zero-order valence-electron chi connectivity index (χ0n) is 38.3. The van der Waals surface area contributed by atoms with E-state index in [1.807, 2.05) is 0 Å². The van der Waals surface area contributed by atoms with Gasteiger partial charge in [-0.25, -0.2) is 0 Å². The Morgan fingerprint density at radius 1 is 0.303 bits per heavy atom. The molecule has 4 aliphatic rings. The molecule has 0 unspecified atom stereocenters. The van der Waals surface area contributed by atoms with E-state index < -0.39 is 0 Å². The molecule has 0 N–H and O–H groups in total. The van der Waals surface area contributed by atoms with Gasteiger partial charge in [0.1, 0.15) is 0 Å². The largest absolute Gasteiger partial charge is 0.310 e. The first-order valence-corrected chi connectivity index (χ1v) is 24.1. The maximum absolute atomic E-state index is 2.54. The normalized spacial score (nSPS) is 16.0. The molecule has 0 saturated heterocycles. The molecular formula is C65H53N. The second-order valence-corrected chi connectivity index (χ2v) is 20.4. The van der Waals surface area contributed by atoms with Gasteiger partial charge in [-0.3, -0.25) is 0 Å². The molecule has 318 valence electrons. The molecule has 0 heterocycles. The lowest BCUT2D eigenvalue weighted by atomic mass is 9.76. The van der Waals surface area contributed by atoms with Gasteiger partial charge in [0.2, 0.25) is 0 Å². The third-order valence-electron chi connectivity index (χ3n) is 16.2. The second-order valence-electron chi connectivity index (χ2n) is 20.4. The van der Waals surface area contributed by atoms with Crippen molar-refractivity contribution in [2.24, 2.45) is 0 Å². The molecule has 0 bridgehead atoms. The SMILES string of the molecule is CC1(C)c2ccccc2-c2ccc(-c3ccc(N(c4ccc(-c5ccccc5-c5cccc6c5C(C)(C)c5ccccc5-6)cc4)c4ccc5c(c4)C4(CCCC4)c4ccccc4-5)cc3)cc21. The molecule has 1 heteroatoms. The first-order chi connectivity index (χ1) is 32.2. The second kappa shape index (κ2) is 14.4. The molecule has 0 amide bonds. The zero-order valence-corrected chi connectivity index (χ0v) is 38.3. The zero-order chi connectivity index (χ0) is 44.4. The molecular weight excluding hydrogens is 795 g/mol. The Kier molecular flexibility index (Phi) is 8.54. The Morgan fingerprint density at radius 3 is 1.41 bits per heavy atom. The minimum atomic E-state index is -0.104. The van der Waals surface area contributed by atoms with Crippen molar-refractivity contribution < 1.29 is 0 Å². The Labute approximate surface area is 390 Å². The van der Waals surface area contributed by atoms with Gasteiger partial charge < -0.3 is 4.90 Å². The van der Waals surface area contributed by atoms with Gasteiger partial charge in [0, 0.05) is 33.3 Å². The average Bonchev–Trinajstić information content (AvgIpc) is 4.09. The van der Waals surface area contributed by atoms with Crippen LogP contribution in [0.1, 0.15) is 86.8 Å². The molecule has 13 rings (SSSR count). The van der Waals surface area contributed by atoms with Gasteiger partial charge in [0.15, 0.2) is 0 Å². The third-order valence-corrected chi connectivity index (χ3v) is 16.2. The van der Waals surface area contributed by atoms with Crippen LogP contribution in [-0.2, 0) is 16.2 Å². The van der Waals surface area contributed by atoms with E-state index in [1.54, 1.807) is 0 Å². The van der Waals surface area contributed by atoms with Crippen molar-refractivity contribution >= 4 is 17.1 Å². The highest BCUT2D eigenvalue weighted by Crippen LogP contribution is 2.58. The molecule has 1 nitrogen and oxygen atoms in total. The lowest BCUT2D eigenvalue weighted by Gasteiger charge is -2.30. The van der Waals surface area contributed by atoms with Crippen LogP contribution in [0.5, 0.6) is 0 Å². The molecule has 0 aliphatic heterocycles. The summed E-state index contributed by atoms with van der Waals surface area (Å²) in [6.07, 6.45) is 4.96. The van der Waals surface area contributed by atoms with Gasteiger partial charge in [-0.1, -0.05) is 198 Å². The highest BCUT2D eigenvalue weighted by Gasteiger charge is 2.45. The number of anilines is 3. The lowest BCUT2D eigenvalue weighted by Crippen LogP contribution is -2.21. The Balaban J connectivity index is 0.912. The van der Waals surface area contributed by atoms with E-state index >= 15 is 0 Å². The Morgan fingerprint density at radius 2 is 0.742 bits per heavy atom. The van der Waals surface area contributed by atoms with Crippen LogP contribution in [0.4, 0.5) is 17.1 Å². The number of hydrogen-bond acceptors (Lipinski definition) is 1. The fourth-order valence-corrected chi connectivity index (χ4v) is 13.1. The van der Waals surface area contributed by atoms with Gasteiger partial charge in [0.25, 0.3) is 0 Å². The highest BCUT2D eigenvalue weighted by molar-refractivity contribution is 5.94. The summed E-state index contributed by atoms with van der Waals surface area (Å²) in [6.45, 7) is 9.50. The van der Waals surface area contributed by atoms with E-state index in [0.717, 1.165) is 11.4 Å². The van der Waals surface area contributed by atoms with Crippen LogP contribution < -0.4 is 4.90 Å². The summed E-state index contributed by atoms with van der Waals surface area (Å²) in [5, 5.41) is 0. The van der Waals surface area contributed by atoms with Crippen molar-refractivity contribution in [1.29, 1.82) is 0 Å². The molecule has 1 saturated carbocycles. The van der Waals surface area contributed by atoms with E-state index in [2.05, 4.69) is 233 Å². The van der Waals surface area contributed by atoms with Gasteiger partial charge in [-0.05, 0) is 155 Å². The van der Waals surface area contributed by atoms with Crippen LogP contribution in [0.15, 0.2) is 200 Å². The number of hydrogen-bond donors (Lipinski definition) is 0. The Hall–Kier alpha value is -7.22. The number of nitrogens with zero attached hydrogens (tertiary/aromatic N) is 1. The maximum Gasteiger partial charge on any atom is 0.0465 e. The van der Waals surface area contributed by atoms with Crippen LogP contribution in [0, 0.1) is 0 Å². The van der Waals surface area contributed by atoms with Gasteiger partial charge >= 0.3 is 0 Å². The predicted octanol–water partition coefficient (Wildman–Crippen LogP) is 17.6. The monoisotopic (exact) mass is 847 g/mol. The van der Waals surface area contributed by atoms with E-state index in [0.29, 0.717) is 0 Å². The average molecular weight is 848 g/mol. The highest BCUT2D eigenvalue weighted by atomic mass is 15.1. The van der Waals surface area contributed by atoms with E-state index in [-0.39, 0.29) is 16.2 Å². The van der Waals surface area contributed by atoms with E-state index in [1.165, 1.54) is 132 Å². The molecule has 0 aromatic heterocycles. The van der Waals surface area contributed by atoms with Crippen LogP contribution >= 0.6 is 0 Å². The summed E-state index contributed by atoms with van der Waals surface area (Å²) in [7, 11) is 0. The summed E-state index contributed by atoms with van der Waals surface area (Å²) in [5.41, 5.74) is 27.8. The van der Waals surface area contributed by atoms with Crippen molar-refractivity contribution in [2.45, 2.75) is 69.6 Å². The topological polar surface area (TPSA) is 3.24 Å². The summed E-state index contributed by atoms with van der Waals surface area (Å²) < 4.78 is 0. The van der Waals surface area contributed by atoms with Crippen molar-refractivity contribution in [3.63, 3.8) is 0 Å². The molecule has 1 spiro atoms. The van der Waals surface area contributed by atoms with E-state index in [9.17, 15) is 0 Å². The smallest absolute Gasteiger partial charge is 0.0465 e. The molecule has 9 aromatic rings. The van der Waals surface area contributed by atoms with Crippen LogP contribution in [0.2, 0.25) is 0 Å². The standard InChI is InChI=1S/C65H53N/c1-63(2)57-23-10-7-18-50(57)53-36-30-44(40-60(53)63)42-26-31-45(32-27-42)66(47-35-37-54-51-19-9-12-25-59(51)65(61(54)41-47)38-13-14-39-65)46-33-28-43(29-34-46)48-16-5-6-17-49(48)55-21-15-22-56-52-20-8-11-24-58(52)64(3,4)62(55)56/h5-12,15-37,40-41H,13-14,38-39H2,1-4H3. The first-order valence-electron chi connectivity index (χ1n) is 24.1. The van der Waals surface area contributed by atoms with Crippen molar-refractivity contribution in [3.05, 3.63) is 234 Å². The molecule has 0 radical (unpaired) electrons. The quantitative estimate of drug-likeness (QED) is 0.161. The molecule has 9 aromatic carbocycles. The van der Waals surface area contributed by atoms with Crippen molar-refractivity contribution in [2.75, 3.05) is 4.90 Å². The van der Waals surface area contributed by atoms with Gasteiger partial charge in [-0.15, -0.1) is 0 Å². The number of fused-ring (bicyclic) bond motifs is 11. The van der Waals surface area contributed by atoms with Gasteiger partial charge in [0.05, 0.1) is 0 Å². The van der Waals surface area contributed by atoms with Crippen molar-refractivity contribution in [3.8, 4) is 66.8 Å². The van der Waals surface area contributed by atoms with Crippen LogP contribution in [0.25, 0.3) is 66.8 Å². The van der Waals surface area contributed by atoms with Gasteiger partial charge in [-0.2, -0.15) is 0 Å². The molecule has 0 atom stereocenters. The minimum Gasteiger partial charge on any atom is -0.310 e. The third kappa shape index (κ3) is 5.59. The fraction of sp³-hybridized carbons (Fsp3) is 0.169. The number of benzene rings is 9. The summed E-state index contributed by atoms with van der Waals surface area (Å²) in [6, 6.07) is 76.0. The summed E-state index contributed by atoms with van der Waals surface area (Å²) in [4.78, 5) is 2.48. The number of rotatable bonds is 6.